The van der Waals surface area contributed by atoms with E-state index in [2.05, 4.69) is 4.90 Å². The van der Waals surface area contributed by atoms with Crippen LogP contribution in [0.25, 0.3) is 11.1 Å². The number of anilines is 1. The molecule has 1 saturated heterocycles. The van der Waals surface area contributed by atoms with Crippen molar-refractivity contribution in [1.82, 2.24) is 4.98 Å². The molecule has 33 heavy (non-hydrogen) atoms. The summed E-state index contributed by atoms with van der Waals surface area (Å²) < 4.78 is 5.42. The van der Waals surface area contributed by atoms with Gasteiger partial charge in [-0.15, -0.1) is 0 Å². The topological polar surface area (TPSA) is 59.5 Å². The molecule has 0 atom stereocenters. The molecule has 2 aromatic carbocycles. The van der Waals surface area contributed by atoms with E-state index in [9.17, 15) is 9.59 Å². The Kier molecular flexibility index (Phi) is 7.79. The van der Waals surface area contributed by atoms with Crippen LogP contribution in [0.15, 0.2) is 71.8 Å². The number of rotatable bonds is 8. The highest BCUT2D eigenvalue weighted by atomic mass is 32.2. The number of carbonyl (C=O) groups is 2. The zero-order valence-electron chi connectivity index (χ0n) is 18.8. The number of esters is 1. The second-order valence-electron chi connectivity index (χ2n) is 7.92. The molecule has 0 amide bonds. The Bertz CT molecular complexity index is 1100. The number of carbonyl (C=O) groups excluding carboxylic acids is 2. The summed E-state index contributed by atoms with van der Waals surface area (Å²) in [5.74, 6) is 0.628. The second-order valence-corrected chi connectivity index (χ2v) is 8.88. The van der Waals surface area contributed by atoms with Gasteiger partial charge in [0.25, 0.3) is 0 Å². The third-order valence-corrected chi connectivity index (χ3v) is 6.63. The van der Waals surface area contributed by atoms with Crippen LogP contribution in [0.1, 0.15) is 46.9 Å². The highest BCUT2D eigenvalue weighted by Crippen LogP contribution is 2.35. The molecule has 0 unspecified atom stereocenters. The lowest BCUT2D eigenvalue weighted by Gasteiger charge is -2.29. The molecule has 0 saturated carbocycles. The van der Waals surface area contributed by atoms with Crippen LogP contribution < -0.4 is 4.90 Å². The van der Waals surface area contributed by atoms with Gasteiger partial charge in [-0.1, -0.05) is 72.4 Å². The maximum absolute atomic E-state index is 13.1. The number of Topliss-reactive ketones (excluding diaryl/α,β-unsaturated/α-hetero) is 1. The number of thioether (sulfide) groups is 1. The largest absolute Gasteiger partial charge is 0.462 e. The summed E-state index contributed by atoms with van der Waals surface area (Å²) in [5.41, 5.74) is 2.80. The number of nitrogens with zero attached hydrogens (tertiary/aromatic N) is 2. The van der Waals surface area contributed by atoms with E-state index in [1.807, 2.05) is 66.7 Å². The van der Waals surface area contributed by atoms with Gasteiger partial charge in [0, 0.05) is 24.2 Å². The van der Waals surface area contributed by atoms with Crippen LogP contribution in [-0.2, 0) is 4.74 Å². The quantitative estimate of drug-likeness (QED) is 0.237. The van der Waals surface area contributed by atoms with Gasteiger partial charge in [0.05, 0.1) is 17.9 Å². The van der Waals surface area contributed by atoms with Crippen molar-refractivity contribution in [3.8, 4) is 11.1 Å². The molecule has 3 aromatic rings. The molecule has 0 spiro atoms. The summed E-state index contributed by atoms with van der Waals surface area (Å²) in [6.45, 7) is 3.94. The average Bonchev–Trinajstić information content (AvgIpc) is 2.88. The van der Waals surface area contributed by atoms with E-state index in [-0.39, 0.29) is 18.1 Å². The maximum Gasteiger partial charge on any atom is 0.341 e. The van der Waals surface area contributed by atoms with Gasteiger partial charge in [0.15, 0.2) is 5.78 Å². The predicted octanol–water partition coefficient (Wildman–Crippen LogP) is 5.89. The van der Waals surface area contributed by atoms with Crippen LogP contribution in [0.3, 0.4) is 0 Å². The standard InChI is InChI=1S/C27H28N2O3S/c1-2-32-27(31)25-22(20-12-6-3-7-13-20)18-24(29-16-10-5-11-17-29)28-26(25)33-19-23(30)21-14-8-4-9-15-21/h3-4,6-9,12-15,18H,2,5,10-11,16-17,19H2,1H3. The van der Waals surface area contributed by atoms with Gasteiger partial charge < -0.3 is 9.64 Å². The van der Waals surface area contributed by atoms with Crippen LogP contribution in [0.2, 0.25) is 0 Å². The molecule has 0 bridgehead atoms. The molecule has 170 valence electrons. The van der Waals surface area contributed by atoms with E-state index < -0.39 is 5.97 Å². The lowest BCUT2D eigenvalue weighted by atomic mass is 10.0. The van der Waals surface area contributed by atoms with E-state index in [1.165, 1.54) is 18.2 Å². The first-order valence-corrected chi connectivity index (χ1v) is 12.4. The SMILES string of the molecule is CCOC(=O)c1c(-c2ccccc2)cc(N2CCCCC2)nc1SCC(=O)c1ccccc1. The fourth-order valence-electron chi connectivity index (χ4n) is 3.99. The second kappa shape index (κ2) is 11.1. The molecule has 0 N–H and O–H groups in total. The monoisotopic (exact) mass is 460 g/mol. The molecule has 2 heterocycles. The van der Waals surface area contributed by atoms with E-state index in [0.29, 0.717) is 16.2 Å². The average molecular weight is 461 g/mol. The van der Waals surface area contributed by atoms with Crippen LogP contribution in [0.5, 0.6) is 0 Å². The van der Waals surface area contributed by atoms with Gasteiger partial charge >= 0.3 is 5.97 Å². The highest BCUT2D eigenvalue weighted by Gasteiger charge is 2.25. The van der Waals surface area contributed by atoms with E-state index >= 15 is 0 Å². The summed E-state index contributed by atoms with van der Waals surface area (Å²) in [6.07, 6.45) is 3.46. The third-order valence-electron chi connectivity index (χ3n) is 5.65. The summed E-state index contributed by atoms with van der Waals surface area (Å²) in [6, 6.07) is 21.0. The molecule has 5 nitrogen and oxygen atoms in total. The number of ketones is 1. The number of piperidine rings is 1. The van der Waals surface area contributed by atoms with Gasteiger partial charge in [0.1, 0.15) is 10.8 Å². The number of pyridine rings is 1. The minimum Gasteiger partial charge on any atom is -0.462 e. The van der Waals surface area contributed by atoms with Crippen molar-refractivity contribution >= 4 is 29.3 Å². The van der Waals surface area contributed by atoms with Crippen LogP contribution in [0.4, 0.5) is 5.82 Å². The fraction of sp³-hybridized carbons (Fsp3) is 0.296. The van der Waals surface area contributed by atoms with Crippen molar-refractivity contribution in [2.75, 3.05) is 30.3 Å². The Hall–Kier alpha value is -3.12. The van der Waals surface area contributed by atoms with Gasteiger partial charge in [0.2, 0.25) is 0 Å². The molecule has 1 aliphatic heterocycles. The number of ether oxygens (including phenoxy) is 1. The molecular weight excluding hydrogens is 432 g/mol. The molecular formula is C27H28N2O3S. The number of hydrogen-bond acceptors (Lipinski definition) is 6. The summed E-state index contributed by atoms with van der Waals surface area (Å²) >= 11 is 1.30. The van der Waals surface area contributed by atoms with Crippen LogP contribution in [0, 0.1) is 0 Å². The van der Waals surface area contributed by atoms with Crippen molar-refractivity contribution in [2.24, 2.45) is 0 Å². The first-order chi connectivity index (χ1) is 16.2. The van der Waals surface area contributed by atoms with Crippen molar-refractivity contribution in [3.63, 3.8) is 0 Å². The maximum atomic E-state index is 13.1. The lowest BCUT2D eigenvalue weighted by Crippen LogP contribution is -2.30. The van der Waals surface area contributed by atoms with Crippen molar-refractivity contribution in [3.05, 3.63) is 77.9 Å². The molecule has 1 aliphatic rings. The Labute approximate surface area is 199 Å². The first kappa shape index (κ1) is 23.1. The minimum atomic E-state index is -0.413. The van der Waals surface area contributed by atoms with Crippen molar-refractivity contribution in [1.29, 1.82) is 0 Å². The Morgan fingerprint density at radius 3 is 2.30 bits per heavy atom. The van der Waals surface area contributed by atoms with Crippen LogP contribution >= 0.6 is 11.8 Å². The molecule has 6 heteroatoms. The van der Waals surface area contributed by atoms with Crippen molar-refractivity contribution < 1.29 is 14.3 Å². The zero-order valence-corrected chi connectivity index (χ0v) is 19.6. The molecule has 0 radical (unpaired) electrons. The molecule has 0 aliphatic carbocycles. The predicted molar refractivity (Wildman–Crippen MR) is 133 cm³/mol. The molecule has 1 fully saturated rings. The summed E-state index contributed by atoms with van der Waals surface area (Å²) in [7, 11) is 0. The van der Waals surface area contributed by atoms with Crippen molar-refractivity contribution in [2.45, 2.75) is 31.2 Å². The fourth-order valence-corrected chi connectivity index (χ4v) is 4.92. The Morgan fingerprint density at radius 1 is 0.970 bits per heavy atom. The third kappa shape index (κ3) is 5.63. The normalized spacial score (nSPS) is 13.5. The minimum absolute atomic E-state index is 0.00171. The van der Waals surface area contributed by atoms with Gasteiger partial charge in [-0.05, 0) is 37.8 Å². The van der Waals surface area contributed by atoms with Gasteiger partial charge in [-0.3, -0.25) is 4.79 Å². The van der Waals surface area contributed by atoms with E-state index in [0.717, 1.165) is 42.9 Å². The molecule has 4 rings (SSSR count). The highest BCUT2D eigenvalue weighted by molar-refractivity contribution is 8.00. The van der Waals surface area contributed by atoms with E-state index in [4.69, 9.17) is 9.72 Å². The Balaban J connectivity index is 1.77. The van der Waals surface area contributed by atoms with Crippen LogP contribution in [-0.4, -0.2) is 42.2 Å². The lowest BCUT2D eigenvalue weighted by molar-refractivity contribution is 0.0522. The van der Waals surface area contributed by atoms with Gasteiger partial charge in [-0.25, -0.2) is 9.78 Å². The van der Waals surface area contributed by atoms with E-state index in [1.54, 1.807) is 6.92 Å². The number of hydrogen-bond donors (Lipinski definition) is 0. The summed E-state index contributed by atoms with van der Waals surface area (Å²) in [4.78, 5) is 33.0. The molecule has 1 aromatic heterocycles. The first-order valence-electron chi connectivity index (χ1n) is 11.4. The number of aromatic nitrogens is 1. The number of benzene rings is 2. The summed E-state index contributed by atoms with van der Waals surface area (Å²) in [5, 5.41) is 0.541. The van der Waals surface area contributed by atoms with Gasteiger partial charge in [-0.2, -0.15) is 0 Å². The smallest absolute Gasteiger partial charge is 0.341 e. The Morgan fingerprint density at radius 2 is 1.64 bits per heavy atom. The zero-order chi connectivity index (χ0) is 23.0.